The van der Waals surface area contributed by atoms with Gasteiger partial charge < -0.3 is 17.3 Å². The molecule has 0 aromatic rings. The third kappa shape index (κ3) is 14.3. The van der Waals surface area contributed by atoms with Crippen molar-refractivity contribution in [2.75, 3.05) is 24.6 Å². The lowest BCUT2D eigenvalue weighted by atomic mass is 10.2. The van der Waals surface area contributed by atoms with Gasteiger partial charge in [0.25, 0.3) is 0 Å². The van der Waals surface area contributed by atoms with Gasteiger partial charge in [-0.2, -0.15) is 0 Å². The summed E-state index contributed by atoms with van der Waals surface area (Å²) >= 11 is 0. The summed E-state index contributed by atoms with van der Waals surface area (Å²) < 4.78 is 39.0. The van der Waals surface area contributed by atoms with Gasteiger partial charge in [0.15, 0.2) is 0 Å². The Labute approximate surface area is 110 Å². The summed E-state index contributed by atoms with van der Waals surface area (Å²) in [6, 6.07) is 0. The summed E-state index contributed by atoms with van der Waals surface area (Å²) in [6.07, 6.45) is 11.8. The largest absolute Gasteiger partial charge is 0.673 e. The molecule has 112 valence electrons. The summed E-state index contributed by atoms with van der Waals surface area (Å²) in [6.45, 7) is 9.50. The van der Waals surface area contributed by atoms with Crippen molar-refractivity contribution in [1.82, 2.24) is 0 Å². The fourth-order valence-electron chi connectivity index (χ4n) is 2.02. The van der Waals surface area contributed by atoms with Crippen molar-refractivity contribution >= 4 is 14.5 Å². The van der Waals surface area contributed by atoms with E-state index in [1.165, 1.54) is 44.2 Å². The van der Waals surface area contributed by atoms with E-state index in [0.29, 0.717) is 0 Å². The molecule has 6 heteroatoms. The minimum atomic E-state index is -6.00. The summed E-state index contributed by atoms with van der Waals surface area (Å²) in [7, 11) is -6.48. The van der Waals surface area contributed by atoms with Crippen molar-refractivity contribution in [2.24, 2.45) is 0 Å². The van der Waals surface area contributed by atoms with Crippen LogP contribution in [0.15, 0.2) is 0 Å². The second-order valence-electron chi connectivity index (χ2n) is 4.57. The monoisotopic (exact) mass is 290 g/mol. The molecule has 0 unspecified atom stereocenters. The van der Waals surface area contributed by atoms with Crippen molar-refractivity contribution in [3.8, 4) is 0 Å². The number of unbranched alkanes of at least 4 members (excludes halogenated alkanes) is 3. The molecule has 0 radical (unpaired) electrons. The second kappa shape index (κ2) is 11.1. The molecule has 0 rings (SSSR count). The third-order valence-electron chi connectivity index (χ3n) is 3.50. The van der Waals surface area contributed by atoms with Crippen LogP contribution in [0.1, 0.15) is 53.4 Å². The maximum atomic E-state index is 9.75. The van der Waals surface area contributed by atoms with E-state index >= 15 is 0 Å². The normalized spacial score (nSPS) is 12.0. The fraction of sp³-hybridized carbons (Fsp3) is 1.00. The van der Waals surface area contributed by atoms with Gasteiger partial charge in [-0.1, -0.05) is 19.8 Å². The Balaban J connectivity index is 0. The first-order chi connectivity index (χ1) is 8.24. The van der Waals surface area contributed by atoms with Crippen molar-refractivity contribution in [1.29, 1.82) is 0 Å². The highest BCUT2D eigenvalue weighted by molar-refractivity contribution is 7.75. The molecule has 0 fully saturated rings. The van der Waals surface area contributed by atoms with Crippen molar-refractivity contribution < 1.29 is 17.3 Å². The lowest BCUT2D eigenvalue weighted by molar-refractivity contribution is 0.368. The zero-order chi connectivity index (χ0) is 14.7. The highest BCUT2D eigenvalue weighted by atomic mass is 31.2. The van der Waals surface area contributed by atoms with Gasteiger partial charge in [0, 0.05) is 7.26 Å². The number of hydrogen-bond donors (Lipinski definition) is 0. The van der Waals surface area contributed by atoms with E-state index in [4.69, 9.17) is 0 Å². The van der Waals surface area contributed by atoms with Crippen LogP contribution in [-0.2, 0) is 0 Å². The molecule has 0 aliphatic heterocycles. The molecular formula is C12H28BF4P. The molecule has 0 aliphatic rings. The first-order valence-corrected chi connectivity index (χ1v) is 9.50. The molecule has 0 saturated heterocycles. The molecule has 0 bridgehead atoms. The predicted molar refractivity (Wildman–Crippen MR) is 77.7 cm³/mol. The van der Waals surface area contributed by atoms with Gasteiger partial charge in [0.1, 0.15) is 0 Å². The molecule has 0 nitrogen and oxygen atoms in total. The maximum absolute atomic E-state index is 9.75. The van der Waals surface area contributed by atoms with Gasteiger partial charge in [-0.25, -0.2) is 0 Å². The van der Waals surface area contributed by atoms with Gasteiger partial charge in [-0.05, 0) is 33.6 Å². The highest BCUT2D eigenvalue weighted by Crippen LogP contribution is 2.58. The van der Waals surface area contributed by atoms with Gasteiger partial charge in [-0.3, -0.25) is 0 Å². The summed E-state index contributed by atoms with van der Waals surface area (Å²) in [5.74, 6) is 0. The third-order valence-corrected chi connectivity index (χ3v) is 8.79. The SMILES string of the molecule is CCCCCC[P+](CC)(CC)CC.F[B-](F)(F)F. The molecule has 0 spiro atoms. The second-order valence-corrected chi connectivity index (χ2v) is 9.60. The van der Waals surface area contributed by atoms with Crippen LogP contribution < -0.4 is 0 Å². The lowest BCUT2D eigenvalue weighted by Gasteiger charge is -2.23. The van der Waals surface area contributed by atoms with Crippen LogP contribution in [0.3, 0.4) is 0 Å². The van der Waals surface area contributed by atoms with E-state index < -0.39 is 14.5 Å². The average Bonchev–Trinajstić information content (AvgIpc) is 2.28. The highest BCUT2D eigenvalue weighted by Gasteiger charge is 2.29. The van der Waals surface area contributed by atoms with Crippen LogP contribution in [-0.4, -0.2) is 31.9 Å². The Bertz CT molecular complexity index is 167. The van der Waals surface area contributed by atoms with Crippen LogP contribution >= 0.6 is 7.26 Å². The Morgan fingerprint density at radius 2 is 1.11 bits per heavy atom. The predicted octanol–water partition coefficient (Wildman–Crippen LogP) is 5.94. The maximum Gasteiger partial charge on any atom is 0.673 e. The van der Waals surface area contributed by atoms with Gasteiger partial charge in [0.2, 0.25) is 0 Å². The zero-order valence-electron chi connectivity index (χ0n) is 12.2. The topological polar surface area (TPSA) is 0 Å². The molecule has 0 aromatic heterocycles. The number of halogens is 4. The molecule has 0 N–H and O–H groups in total. The Morgan fingerprint density at radius 3 is 1.39 bits per heavy atom. The van der Waals surface area contributed by atoms with Crippen LogP contribution in [0.25, 0.3) is 0 Å². The molecular weight excluding hydrogens is 262 g/mol. The van der Waals surface area contributed by atoms with E-state index in [9.17, 15) is 17.3 Å². The summed E-state index contributed by atoms with van der Waals surface area (Å²) in [5, 5.41) is 0. The number of hydrogen-bond acceptors (Lipinski definition) is 0. The van der Waals surface area contributed by atoms with Crippen LogP contribution in [0.4, 0.5) is 17.3 Å². The van der Waals surface area contributed by atoms with Gasteiger partial charge in [0.05, 0.1) is 24.6 Å². The Hall–Kier alpha value is 0.215. The lowest BCUT2D eigenvalue weighted by Crippen LogP contribution is -2.07. The van der Waals surface area contributed by atoms with Crippen molar-refractivity contribution in [2.45, 2.75) is 53.4 Å². The van der Waals surface area contributed by atoms with Gasteiger partial charge >= 0.3 is 7.25 Å². The minimum Gasteiger partial charge on any atom is -0.418 e. The first-order valence-electron chi connectivity index (χ1n) is 6.97. The standard InChI is InChI=1S/C12H28P.BF4/c1-5-9-10-11-12-13(6-2,7-3)8-4;2-1(3,4)5/h5-12H2,1-4H3;/q+1;-1. The Morgan fingerprint density at radius 1 is 0.722 bits per heavy atom. The molecule has 0 aromatic carbocycles. The van der Waals surface area contributed by atoms with Gasteiger partial charge in [-0.15, -0.1) is 0 Å². The summed E-state index contributed by atoms with van der Waals surface area (Å²) in [4.78, 5) is 0. The molecule has 0 heterocycles. The van der Waals surface area contributed by atoms with Crippen molar-refractivity contribution in [3.63, 3.8) is 0 Å². The quantitative estimate of drug-likeness (QED) is 0.224. The molecule has 18 heavy (non-hydrogen) atoms. The van der Waals surface area contributed by atoms with E-state index in [1.54, 1.807) is 6.16 Å². The molecule has 0 saturated carbocycles. The first kappa shape index (κ1) is 20.5. The fourth-order valence-corrected chi connectivity index (χ4v) is 5.20. The summed E-state index contributed by atoms with van der Waals surface area (Å²) in [5.41, 5.74) is 0. The molecule has 0 atom stereocenters. The molecule has 0 aliphatic carbocycles. The number of rotatable bonds is 8. The van der Waals surface area contributed by atoms with E-state index in [0.717, 1.165) is 0 Å². The van der Waals surface area contributed by atoms with Crippen LogP contribution in [0, 0.1) is 0 Å². The smallest absolute Gasteiger partial charge is 0.418 e. The molecule has 0 amide bonds. The zero-order valence-corrected chi connectivity index (χ0v) is 13.1. The van der Waals surface area contributed by atoms with E-state index in [-0.39, 0.29) is 0 Å². The van der Waals surface area contributed by atoms with E-state index in [1.807, 2.05) is 0 Å². The van der Waals surface area contributed by atoms with Crippen LogP contribution in [0.2, 0.25) is 0 Å². The van der Waals surface area contributed by atoms with Crippen LogP contribution in [0.5, 0.6) is 0 Å². The Kier molecular flexibility index (Phi) is 12.6. The average molecular weight is 290 g/mol. The van der Waals surface area contributed by atoms with E-state index in [2.05, 4.69) is 27.7 Å². The minimum absolute atomic E-state index is 0.479. The van der Waals surface area contributed by atoms with Crippen molar-refractivity contribution in [3.05, 3.63) is 0 Å².